The second-order valence-corrected chi connectivity index (χ2v) is 13.6. The van der Waals surface area contributed by atoms with Crippen molar-refractivity contribution >= 4 is 37.0 Å². The molecule has 15 heteroatoms. The van der Waals surface area contributed by atoms with Gasteiger partial charge in [0.25, 0.3) is 0 Å². The monoisotopic (exact) mass is 703 g/mol. The number of carbonyl (C=O) groups excluding carboxylic acids is 3. The SMILES string of the molecule is CP(=O)(O)Oc1ccc(CC(NC(=O)C(CC(=O)C(Cc2ccccc2)NC(=O)Cn2ccc(N)nc2=O)Cc2ccccc2)C(=O)O)cc1. The molecule has 2 amide bonds. The minimum atomic E-state index is -3.79. The van der Waals surface area contributed by atoms with E-state index < -0.39 is 61.4 Å². The number of Topliss-reactive ketones (excluding diaryl/α,β-unsaturated/α-hetero) is 1. The molecular formula is C35H38N5O9P. The molecule has 0 aliphatic rings. The van der Waals surface area contributed by atoms with E-state index in [1.807, 2.05) is 0 Å². The zero-order chi connectivity index (χ0) is 36.3. The first-order valence-electron chi connectivity index (χ1n) is 15.6. The Labute approximate surface area is 287 Å². The highest BCUT2D eigenvalue weighted by atomic mass is 31.2. The number of benzene rings is 3. The Morgan fingerprint density at radius 2 is 1.40 bits per heavy atom. The number of aromatic nitrogens is 2. The molecule has 4 rings (SSSR count). The summed E-state index contributed by atoms with van der Waals surface area (Å²) in [5.74, 6) is -3.99. The van der Waals surface area contributed by atoms with Crippen LogP contribution >= 0.6 is 7.60 Å². The molecule has 14 nitrogen and oxygen atoms in total. The fourth-order valence-corrected chi connectivity index (χ4v) is 5.71. The molecule has 4 atom stereocenters. The number of aliphatic carboxylic acids is 1. The van der Waals surface area contributed by atoms with E-state index in [0.29, 0.717) is 5.56 Å². The maximum absolute atomic E-state index is 13.9. The van der Waals surface area contributed by atoms with Gasteiger partial charge in [0.05, 0.1) is 6.04 Å². The molecular weight excluding hydrogens is 665 g/mol. The van der Waals surface area contributed by atoms with Crippen LogP contribution in [-0.2, 0) is 49.6 Å². The second-order valence-electron chi connectivity index (χ2n) is 11.8. The van der Waals surface area contributed by atoms with Gasteiger partial charge < -0.3 is 30.9 Å². The Morgan fingerprint density at radius 3 is 1.96 bits per heavy atom. The third kappa shape index (κ3) is 11.8. The lowest BCUT2D eigenvalue weighted by molar-refractivity contribution is -0.142. The Morgan fingerprint density at radius 1 is 0.840 bits per heavy atom. The number of carboxylic acids is 1. The molecule has 0 saturated heterocycles. The maximum atomic E-state index is 13.9. The zero-order valence-corrected chi connectivity index (χ0v) is 28.1. The number of carboxylic acid groups (broad SMARTS) is 1. The van der Waals surface area contributed by atoms with E-state index in [2.05, 4.69) is 15.6 Å². The van der Waals surface area contributed by atoms with Crippen LogP contribution in [0.2, 0.25) is 0 Å². The third-order valence-electron chi connectivity index (χ3n) is 7.61. The summed E-state index contributed by atoms with van der Waals surface area (Å²) in [4.78, 5) is 78.3. The number of carbonyl (C=O) groups is 4. The highest BCUT2D eigenvalue weighted by molar-refractivity contribution is 7.52. The average Bonchev–Trinajstić information content (AvgIpc) is 3.06. The zero-order valence-electron chi connectivity index (χ0n) is 27.2. The predicted octanol–water partition coefficient (Wildman–Crippen LogP) is 2.38. The quantitative estimate of drug-likeness (QED) is 0.101. The number of hydrogen-bond donors (Lipinski definition) is 5. The number of anilines is 1. The Balaban J connectivity index is 1.54. The Hall–Kier alpha value is -5.59. The van der Waals surface area contributed by atoms with Crippen molar-refractivity contribution in [2.75, 3.05) is 12.4 Å². The van der Waals surface area contributed by atoms with Gasteiger partial charge in [-0.2, -0.15) is 4.98 Å². The van der Waals surface area contributed by atoms with Crippen LogP contribution < -0.4 is 26.6 Å². The van der Waals surface area contributed by atoms with Crippen molar-refractivity contribution in [3.63, 3.8) is 0 Å². The van der Waals surface area contributed by atoms with Gasteiger partial charge in [0.15, 0.2) is 5.78 Å². The summed E-state index contributed by atoms with van der Waals surface area (Å²) in [7, 11) is -3.79. The maximum Gasteiger partial charge on any atom is 0.373 e. The van der Waals surface area contributed by atoms with Gasteiger partial charge in [0.2, 0.25) is 11.8 Å². The molecule has 0 spiro atoms. The number of rotatable bonds is 17. The molecule has 0 radical (unpaired) electrons. The molecule has 262 valence electrons. The topological polar surface area (TPSA) is 220 Å². The number of ketones is 1. The number of nitrogen functional groups attached to an aromatic ring is 1. The van der Waals surface area contributed by atoms with Crippen LogP contribution in [0.4, 0.5) is 5.82 Å². The largest absolute Gasteiger partial charge is 0.480 e. The fraction of sp³-hybridized carbons (Fsp3) is 0.257. The minimum Gasteiger partial charge on any atom is -0.480 e. The molecule has 0 fully saturated rings. The highest BCUT2D eigenvalue weighted by Gasteiger charge is 2.31. The van der Waals surface area contributed by atoms with E-state index in [1.54, 1.807) is 60.7 Å². The summed E-state index contributed by atoms with van der Waals surface area (Å²) in [6.45, 7) is 0.608. The number of nitrogens with one attached hydrogen (secondary N) is 2. The average molecular weight is 704 g/mol. The van der Waals surface area contributed by atoms with E-state index in [9.17, 15) is 38.5 Å². The van der Waals surface area contributed by atoms with Gasteiger partial charge in [-0.1, -0.05) is 72.8 Å². The van der Waals surface area contributed by atoms with E-state index in [0.717, 1.165) is 22.4 Å². The van der Waals surface area contributed by atoms with Gasteiger partial charge >= 0.3 is 19.3 Å². The lowest BCUT2D eigenvalue weighted by Gasteiger charge is -2.23. The van der Waals surface area contributed by atoms with Crippen molar-refractivity contribution in [2.24, 2.45) is 5.92 Å². The van der Waals surface area contributed by atoms with Crippen molar-refractivity contribution in [3.05, 3.63) is 124 Å². The van der Waals surface area contributed by atoms with Crippen LogP contribution in [0.1, 0.15) is 23.1 Å². The van der Waals surface area contributed by atoms with Crippen molar-refractivity contribution in [2.45, 2.75) is 44.3 Å². The first-order chi connectivity index (χ1) is 23.8. The molecule has 3 aromatic carbocycles. The predicted molar refractivity (Wildman–Crippen MR) is 184 cm³/mol. The number of hydrogen-bond acceptors (Lipinski definition) is 9. The van der Waals surface area contributed by atoms with Crippen molar-refractivity contribution in [1.29, 1.82) is 0 Å². The Kier molecular flexibility index (Phi) is 12.8. The van der Waals surface area contributed by atoms with Crippen molar-refractivity contribution in [3.8, 4) is 5.75 Å². The summed E-state index contributed by atoms with van der Waals surface area (Å²) >= 11 is 0. The van der Waals surface area contributed by atoms with Gasteiger partial charge in [0, 0.05) is 31.6 Å². The number of nitrogens with two attached hydrogens (primary N) is 1. The van der Waals surface area contributed by atoms with Gasteiger partial charge in [-0.05, 0) is 47.7 Å². The summed E-state index contributed by atoms with van der Waals surface area (Å²) < 4.78 is 17.6. The van der Waals surface area contributed by atoms with E-state index >= 15 is 0 Å². The van der Waals surface area contributed by atoms with Crippen LogP contribution in [-0.4, -0.2) is 61.9 Å². The van der Waals surface area contributed by atoms with E-state index in [4.69, 9.17) is 10.3 Å². The second kappa shape index (κ2) is 17.2. The van der Waals surface area contributed by atoms with Crippen LogP contribution in [0.15, 0.2) is 102 Å². The lowest BCUT2D eigenvalue weighted by Crippen LogP contribution is -2.48. The molecule has 4 aromatic rings. The van der Waals surface area contributed by atoms with Crippen molar-refractivity contribution in [1.82, 2.24) is 20.2 Å². The Bertz CT molecular complexity index is 1900. The molecule has 1 aromatic heterocycles. The van der Waals surface area contributed by atoms with Crippen LogP contribution in [0.25, 0.3) is 0 Å². The minimum absolute atomic E-state index is 0.00345. The van der Waals surface area contributed by atoms with Crippen LogP contribution in [0.3, 0.4) is 0 Å². The van der Waals surface area contributed by atoms with E-state index in [-0.39, 0.29) is 37.3 Å². The van der Waals surface area contributed by atoms with Crippen LogP contribution in [0.5, 0.6) is 5.75 Å². The van der Waals surface area contributed by atoms with Gasteiger partial charge in [-0.3, -0.25) is 19.0 Å². The first-order valence-corrected chi connectivity index (χ1v) is 17.6. The molecule has 50 heavy (non-hydrogen) atoms. The summed E-state index contributed by atoms with van der Waals surface area (Å²) in [6.07, 6.45) is 1.06. The lowest BCUT2D eigenvalue weighted by atomic mass is 9.89. The summed E-state index contributed by atoms with van der Waals surface area (Å²) in [6, 6.07) is 22.7. The highest BCUT2D eigenvalue weighted by Crippen LogP contribution is 2.38. The molecule has 0 aliphatic heterocycles. The summed E-state index contributed by atoms with van der Waals surface area (Å²) in [5.41, 5.74) is 6.79. The van der Waals surface area contributed by atoms with Gasteiger partial charge in [-0.25, -0.2) is 14.2 Å². The third-order valence-corrected chi connectivity index (χ3v) is 8.16. The fourth-order valence-electron chi connectivity index (χ4n) is 5.20. The van der Waals surface area contributed by atoms with Crippen molar-refractivity contribution < 1.29 is 38.3 Å². The smallest absolute Gasteiger partial charge is 0.373 e. The van der Waals surface area contributed by atoms with Gasteiger partial charge in [0.1, 0.15) is 24.2 Å². The normalized spacial score (nSPS) is 14.0. The molecule has 0 aliphatic carbocycles. The van der Waals surface area contributed by atoms with Gasteiger partial charge in [-0.15, -0.1) is 0 Å². The molecule has 0 saturated carbocycles. The van der Waals surface area contributed by atoms with Crippen LogP contribution in [0, 0.1) is 5.92 Å². The first kappa shape index (κ1) is 37.2. The molecule has 1 heterocycles. The summed E-state index contributed by atoms with van der Waals surface area (Å²) in [5, 5.41) is 15.3. The standard InChI is InChI=1S/C35H38N5O9P/c1-50(47,48)49-27-14-12-25(13-15-27)20-29(34(44)45)38-33(43)26(18-23-8-4-2-5-9-23)21-30(41)28(19-24-10-6-3-7-11-24)37-32(42)22-40-17-16-31(36)39-35(40)46/h2-17,26,28-29H,18-22H2,1H3,(H,37,42)(H,38,43)(H,44,45)(H,47,48)(H2,36,39,46). The number of amides is 2. The molecule has 4 unspecified atom stereocenters. The van der Waals surface area contributed by atoms with E-state index in [1.165, 1.54) is 36.5 Å². The molecule has 0 bridgehead atoms. The molecule has 6 N–H and O–H groups in total. The number of nitrogens with zero attached hydrogens (tertiary/aromatic N) is 2.